The molecule has 3 atom stereocenters. The summed E-state index contributed by atoms with van der Waals surface area (Å²) in [6, 6.07) is 8.76. The van der Waals surface area contributed by atoms with E-state index in [1.54, 1.807) is 0 Å². The summed E-state index contributed by atoms with van der Waals surface area (Å²) in [7, 11) is 0. The topological polar surface area (TPSA) is 74.8 Å². The lowest BCUT2D eigenvalue weighted by molar-refractivity contribution is -0.139. The summed E-state index contributed by atoms with van der Waals surface area (Å²) in [6.07, 6.45) is 1.76. The normalized spacial score (nSPS) is 27.1. The quantitative estimate of drug-likeness (QED) is 0.592. The van der Waals surface area contributed by atoms with Crippen molar-refractivity contribution in [3.05, 3.63) is 58.9 Å². The van der Waals surface area contributed by atoms with E-state index in [1.165, 1.54) is 11.6 Å². The molecule has 1 saturated carbocycles. The van der Waals surface area contributed by atoms with Crippen molar-refractivity contribution in [2.24, 2.45) is 0 Å². The van der Waals surface area contributed by atoms with Gasteiger partial charge >= 0.3 is 6.18 Å². The molecule has 1 aliphatic carbocycles. The van der Waals surface area contributed by atoms with Crippen LogP contribution in [0.25, 0.3) is 0 Å². The summed E-state index contributed by atoms with van der Waals surface area (Å²) in [5, 5.41) is 2.45. The molecule has 1 aromatic heterocycles. The highest BCUT2D eigenvalue weighted by molar-refractivity contribution is 6.00. The molecule has 2 amide bonds. The Labute approximate surface area is 219 Å². The third-order valence-corrected chi connectivity index (χ3v) is 8.44. The Bertz CT molecular complexity index is 1210. The van der Waals surface area contributed by atoms with Crippen molar-refractivity contribution >= 4 is 11.8 Å². The number of aromatic nitrogens is 1. The van der Waals surface area contributed by atoms with Crippen LogP contribution in [0.2, 0.25) is 0 Å². The average Bonchev–Trinajstić information content (AvgIpc) is 3.27. The number of pyridine rings is 1. The fraction of sp³-hybridized carbons (Fsp3) is 0.536. The molecule has 0 radical (unpaired) electrons. The highest BCUT2D eigenvalue weighted by Crippen LogP contribution is 2.37. The van der Waals surface area contributed by atoms with Crippen molar-refractivity contribution < 1.29 is 27.5 Å². The average molecular weight is 529 g/mol. The molecule has 0 spiro atoms. The first-order chi connectivity index (χ1) is 18.2. The van der Waals surface area contributed by atoms with Gasteiger partial charge in [0.1, 0.15) is 11.9 Å². The highest BCUT2D eigenvalue weighted by Gasteiger charge is 2.40. The van der Waals surface area contributed by atoms with E-state index in [0.29, 0.717) is 31.6 Å². The first kappa shape index (κ1) is 25.3. The van der Waals surface area contributed by atoms with E-state index in [4.69, 9.17) is 4.74 Å². The minimum atomic E-state index is -4.37. The van der Waals surface area contributed by atoms with Gasteiger partial charge in [-0.1, -0.05) is 12.5 Å². The van der Waals surface area contributed by atoms with Gasteiger partial charge in [0.25, 0.3) is 0 Å². The molecule has 4 aliphatic rings. The van der Waals surface area contributed by atoms with E-state index in [1.807, 2.05) is 6.07 Å². The van der Waals surface area contributed by atoms with E-state index in [-0.39, 0.29) is 35.9 Å². The van der Waals surface area contributed by atoms with Gasteiger partial charge < -0.3 is 4.74 Å². The number of halogens is 3. The number of fused-ring (bicyclic) bond motifs is 1. The number of ether oxygens (including phenoxy) is 1. The zero-order valence-electron chi connectivity index (χ0n) is 21.0. The molecule has 202 valence electrons. The van der Waals surface area contributed by atoms with E-state index in [2.05, 4.69) is 32.2 Å². The Hall–Kier alpha value is -2.98. The maximum atomic E-state index is 12.9. The van der Waals surface area contributed by atoms with Gasteiger partial charge in [0.2, 0.25) is 11.8 Å². The van der Waals surface area contributed by atoms with E-state index in [9.17, 15) is 22.8 Å². The van der Waals surface area contributed by atoms with Crippen molar-refractivity contribution in [2.45, 2.75) is 81.9 Å². The van der Waals surface area contributed by atoms with Crippen molar-refractivity contribution in [1.29, 1.82) is 0 Å². The van der Waals surface area contributed by atoms with Crippen molar-refractivity contribution in [2.75, 3.05) is 13.1 Å². The number of carbonyl (C=O) groups is 2. The third-order valence-electron chi connectivity index (χ3n) is 8.44. The van der Waals surface area contributed by atoms with Crippen LogP contribution in [0.4, 0.5) is 13.2 Å². The summed E-state index contributed by atoms with van der Waals surface area (Å²) < 4.78 is 45.1. The van der Waals surface area contributed by atoms with Crippen LogP contribution in [0.15, 0.2) is 36.5 Å². The summed E-state index contributed by atoms with van der Waals surface area (Å²) >= 11 is 0. The summed E-state index contributed by atoms with van der Waals surface area (Å²) in [4.78, 5) is 32.4. The molecule has 7 nitrogen and oxygen atoms in total. The lowest BCUT2D eigenvalue weighted by atomic mass is 9.85. The molecule has 3 aliphatic heterocycles. The number of amides is 2. The zero-order valence-corrected chi connectivity index (χ0v) is 21.0. The van der Waals surface area contributed by atoms with E-state index < -0.39 is 11.7 Å². The lowest BCUT2D eigenvalue weighted by Gasteiger charge is -2.48. The van der Waals surface area contributed by atoms with Crippen LogP contribution in [0.1, 0.15) is 66.8 Å². The molecule has 2 unspecified atom stereocenters. The third kappa shape index (κ3) is 5.03. The van der Waals surface area contributed by atoms with Crippen LogP contribution < -0.4 is 10.1 Å². The number of imide groups is 1. The standard InChI is InChI=1S/C28H31F3N4O3/c29-28(30,31)20-6-8-22(32-12-20)19-15-34(16-19)23-3-1-2-4-25(23)38-21-7-5-17-13-35(14-18(17)11-21)24-9-10-26(36)33-27(24)37/h5-8,11-12,19,23-25H,1-4,9-10,13-16H2,(H,33,36,37)/t23?,24?,25-/m1/s1. The Kier molecular flexibility index (Phi) is 6.63. The van der Waals surface area contributed by atoms with Gasteiger partial charge in [-0.05, 0) is 61.1 Å². The van der Waals surface area contributed by atoms with Gasteiger partial charge in [0.05, 0.1) is 11.6 Å². The molecular formula is C28H31F3N4O3. The fourth-order valence-corrected chi connectivity index (χ4v) is 6.31. The molecule has 4 heterocycles. The van der Waals surface area contributed by atoms with Crippen LogP contribution in [-0.4, -0.2) is 57.9 Å². The van der Waals surface area contributed by atoms with Crippen molar-refractivity contribution in [1.82, 2.24) is 20.1 Å². The number of likely N-dealkylation sites (tertiary alicyclic amines) is 1. The summed E-state index contributed by atoms with van der Waals surface area (Å²) in [5.74, 6) is 0.546. The first-order valence-electron chi connectivity index (χ1n) is 13.4. The van der Waals surface area contributed by atoms with Crippen LogP contribution in [0.3, 0.4) is 0 Å². The smallest absolute Gasteiger partial charge is 0.417 e. The van der Waals surface area contributed by atoms with Gasteiger partial charge in [-0.3, -0.25) is 29.7 Å². The monoisotopic (exact) mass is 528 g/mol. The van der Waals surface area contributed by atoms with Crippen molar-refractivity contribution in [3.63, 3.8) is 0 Å². The lowest BCUT2D eigenvalue weighted by Crippen LogP contribution is -2.57. The highest BCUT2D eigenvalue weighted by atomic mass is 19.4. The van der Waals surface area contributed by atoms with Crippen LogP contribution in [0, 0.1) is 0 Å². The molecule has 0 bridgehead atoms. The SMILES string of the molecule is O=C1CCC(N2Cc3ccc(O[C@@H]4CCCCC4N4CC(c5ccc(C(F)(F)F)cn5)C4)cc3C2)C(=O)N1. The maximum Gasteiger partial charge on any atom is 0.417 e. The molecule has 3 fully saturated rings. The molecule has 1 aromatic carbocycles. The predicted molar refractivity (Wildman–Crippen MR) is 132 cm³/mol. The molecule has 2 aromatic rings. The number of benzene rings is 1. The zero-order chi connectivity index (χ0) is 26.4. The number of piperidine rings is 1. The Morgan fingerprint density at radius 1 is 0.947 bits per heavy atom. The number of alkyl halides is 3. The second-order valence-electron chi connectivity index (χ2n) is 10.9. The first-order valence-corrected chi connectivity index (χ1v) is 13.4. The molecule has 38 heavy (non-hydrogen) atoms. The minimum Gasteiger partial charge on any atom is -0.489 e. The predicted octanol–water partition coefficient (Wildman–Crippen LogP) is 4.01. The van der Waals surface area contributed by atoms with Gasteiger partial charge in [-0.25, -0.2) is 0 Å². The van der Waals surface area contributed by atoms with Crippen LogP contribution in [-0.2, 0) is 28.9 Å². The second kappa shape index (κ2) is 9.96. The second-order valence-corrected chi connectivity index (χ2v) is 10.9. The molecule has 2 saturated heterocycles. The fourth-order valence-electron chi connectivity index (χ4n) is 6.31. The molecular weight excluding hydrogens is 497 g/mol. The number of hydrogen-bond donors (Lipinski definition) is 1. The van der Waals surface area contributed by atoms with E-state index >= 15 is 0 Å². The summed E-state index contributed by atoms with van der Waals surface area (Å²) in [6.45, 7) is 2.88. The molecule has 1 N–H and O–H groups in total. The van der Waals surface area contributed by atoms with Gasteiger partial charge in [0, 0.05) is 56.5 Å². The molecule has 10 heteroatoms. The Morgan fingerprint density at radius 2 is 1.74 bits per heavy atom. The maximum absolute atomic E-state index is 12.9. The van der Waals surface area contributed by atoms with Crippen molar-refractivity contribution in [3.8, 4) is 5.75 Å². The van der Waals surface area contributed by atoms with Crippen LogP contribution in [0.5, 0.6) is 5.75 Å². The van der Waals surface area contributed by atoms with Gasteiger partial charge in [-0.15, -0.1) is 0 Å². The van der Waals surface area contributed by atoms with Crippen LogP contribution >= 0.6 is 0 Å². The number of rotatable bonds is 5. The number of hydrogen-bond acceptors (Lipinski definition) is 6. The summed E-state index contributed by atoms with van der Waals surface area (Å²) in [5.41, 5.74) is 2.32. The number of nitrogens with one attached hydrogen (secondary N) is 1. The molecule has 6 rings (SSSR count). The minimum absolute atomic E-state index is 0.0518. The van der Waals surface area contributed by atoms with E-state index in [0.717, 1.165) is 62.3 Å². The van der Waals surface area contributed by atoms with Gasteiger partial charge in [0.15, 0.2) is 0 Å². The number of carbonyl (C=O) groups excluding carboxylic acids is 2. The Balaban J connectivity index is 1.07. The Morgan fingerprint density at radius 3 is 2.47 bits per heavy atom. The largest absolute Gasteiger partial charge is 0.489 e. The number of nitrogens with zero attached hydrogens (tertiary/aromatic N) is 3. The van der Waals surface area contributed by atoms with Gasteiger partial charge in [-0.2, -0.15) is 13.2 Å².